The second-order valence-corrected chi connectivity index (χ2v) is 7.43. The van der Waals surface area contributed by atoms with E-state index < -0.39 is 6.04 Å². The molecule has 29 heavy (non-hydrogen) atoms. The molecule has 0 unspecified atom stereocenters. The molecule has 2 aromatic rings. The van der Waals surface area contributed by atoms with E-state index in [4.69, 9.17) is 4.74 Å². The molecule has 1 atom stereocenters. The monoisotopic (exact) mass is 396 g/mol. The SMILES string of the molecule is CCCCNC(=O)[C@H](c1ccccc1)N(Cc1ccc(OC)cc1)C(=O)C(C)C. The van der Waals surface area contributed by atoms with Gasteiger partial charge in [0.15, 0.2) is 0 Å². The minimum absolute atomic E-state index is 0.0553. The minimum Gasteiger partial charge on any atom is -0.497 e. The van der Waals surface area contributed by atoms with E-state index in [-0.39, 0.29) is 17.7 Å². The Balaban J connectivity index is 2.39. The number of amides is 2. The van der Waals surface area contributed by atoms with Gasteiger partial charge in [-0.2, -0.15) is 0 Å². The number of nitrogens with one attached hydrogen (secondary N) is 1. The fraction of sp³-hybridized carbons (Fsp3) is 0.417. The van der Waals surface area contributed by atoms with Crippen LogP contribution in [0.15, 0.2) is 54.6 Å². The standard InChI is InChI=1S/C24H32N2O3/c1-5-6-16-25-23(27)22(20-10-8-7-9-11-20)26(24(28)18(2)3)17-19-12-14-21(29-4)15-13-19/h7-15,18,22H,5-6,16-17H2,1-4H3,(H,25,27)/t22-/m0/s1. The lowest BCUT2D eigenvalue weighted by molar-refractivity contribution is -0.144. The van der Waals surface area contributed by atoms with Gasteiger partial charge in [0, 0.05) is 19.0 Å². The lowest BCUT2D eigenvalue weighted by Crippen LogP contribution is -2.45. The summed E-state index contributed by atoms with van der Waals surface area (Å²) in [6, 6.07) is 16.4. The summed E-state index contributed by atoms with van der Waals surface area (Å²) in [5.74, 6) is 0.336. The highest BCUT2D eigenvalue weighted by molar-refractivity contribution is 5.89. The lowest BCUT2D eigenvalue weighted by atomic mass is 10.0. The summed E-state index contributed by atoms with van der Waals surface area (Å²) in [5.41, 5.74) is 1.76. The third kappa shape index (κ3) is 6.34. The van der Waals surface area contributed by atoms with Crippen LogP contribution >= 0.6 is 0 Å². The third-order valence-electron chi connectivity index (χ3n) is 4.79. The zero-order valence-electron chi connectivity index (χ0n) is 17.9. The fourth-order valence-corrected chi connectivity index (χ4v) is 3.15. The van der Waals surface area contributed by atoms with Crippen LogP contribution in [0.25, 0.3) is 0 Å². The number of carbonyl (C=O) groups is 2. The first-order valence-corrected chi connectivity index (χ1v) is 10.2. The van der Waals surface area contributed by atoms with Gasteiger partial charge in [-0.05, 0) is 29.7 Å². The van der Waals surface area contributed by atoms with Crippen molar-refractivity contribution in [1.82, 2.24) is 10.2 Å². The van der Waals surface area contributed by atoms with Crippen LogP contribution < -0.4 is 10.1 Å². The zero-order chi connectivity index (χ0) is 21.2. The molecule has 0 aliphatic rings. The molecule has 5 heteroatoms. The molecule has 2 aromatic carbocycles. The Morgan fingerprint density at radius 3 is 2.24 bits per heavy atom. The van der Waals surface area contributed by atoms with Crippen molar-refractivity contribution >= 4 is 11.8 Å². The van der Waals surface area contributed by atoms with Crippen LogP contribution in [0.4, 0.5) is 0 Å². The Labute approximate surface area is 174 Å². The summed E-state index contributed by atoms with van der Waals surface area (Å²) in [6.07, 6.45) is 1.90. The zero-order valence-corrected chi connectivity index (χ0v) is 17.9. The Bertz CT molecular complexity index is 772. The van der Waals surface area contributed by atoms with E-state index >= 15 is 0 Å². The van der Waals surface area contributed by atoms with Crippen LogP contribution in [0, 0.1) is 5.92 Å². The van der Waals surface area contributed by atoms with Crippen molar-refractivity contribution in [2.75, 3.05) is 13.7 Å². The van der Waals surface area contributed by atoms with Crippen LogP contribution in [-0.4, -0.2) is 30.4 Å². The van der Waals surface area contributed by atoms with Crippen molar-refractivity contribution in [3.05, 3.63) is 65.7 Å². The topological polar surface area (TPSA) is 58.6 Å². The molecule has 1 N–H and O–H groups in total. The average Bonchev–Trinajstić information content (AvgIpc) is 2.74. The number of benzene rings is 2. The van der Waals surface area contributed by atoms with E-state index in [1.807, 2.05) is 68.4 Å². The summed E-state index contributed by atoms with van der Waals surface area (Å²) in [5, 5.41) is 3.01. The summed E-state index contributed by atoms with van der Waals surface area (Å²) in [4.78, 5) is 28.0. The molecular weight excluding hydrogens is 364 g/mol. The molecule has 2 rings (SSSR count). The highest BCUT2D eigenvalue weighted by atomic mass is 16.5. The summed E-state index contributed by atoms with van der Waals surface area (Å²) < 4.78 is 5.23. The molecule has 0 fully saturated rings. The highest BCUT2D eigenvalue weighted by Gasteiger charge is 2.32. The number of hydrogen-bond acceptors (Lipinski definition) is 3. The molecule has 156 valence electrons. The fourth-order valence-electron chi connectivity index (χ4n) is 3.15. The first-order chi connectivity index (χ1) is 14.0. The number of hydrogen-bond donors (Lipinski definition) is 1. The van der Waals surface area contributed by atoms with E-state index in [0.29, 0.717) is 13.1 Å². The Kier molecular flexibility index (Phi) is 8.71. The Morgan fingerprint density at radius 1 is 1.03 bits per heavy atom. The maximum Gasteiger partial charge on any atom is 0.247 e. The van der Waals surface area contributed by atoms with Crippen LogP contribution in [0.3, 0.4) is 0 Å². The van der Waals surface area contributed by atoms with Gasteiger partial charge in [-0.3, -0.25) is 9.59 Å². The van der Waals surface area contributed by atoms with Crippen molar-refractivity contribution in [1.29, 1.82) is 0 Å². The van der Waals surface area contributed by atoms with Crippen molar-refractivity contribution in [2.45, 2.75) is 46.2 Å². The number of ether oxygens (including phenoxy) is 1. The molecule has 5 nitrogen and oxygen atoms in total. The molecule has 0 aliphatic carbocycles. The van der Waals surface area contributed by atoms with E-state index in [1.54, 1.807) is 12.0 Å². The van der Waals surface area contributed by atoms with Crippen molar-refractivity contribution in [3.63, 3.8) is 0 Å². The van der Waals surface area contributed by atoms with Crippen LogP contribution in [-0.2, 0) is 16.1 Å². The maximum absolute atomic E-state index is 13.2. The molecule has 0 bridgehead atoms. The first-order valence-electron chi connectivity index (χ1n) is 10.2. The van der Waals surface area contributed by atoms with Crippen LogP contribution in [0.2, 0.25) is 0 Å². The molecule has 0 aliphatic heterocycles. The highest BCUT2D eigenvalue weighted by Crippen LogP contribution is 2.26. The predicted molar refractivity (Wildman–Crippen MR) is 115 cm³/mol. The van der Waals surface area contributed by atoms with Crippen LogP contribution in [0.1, 0.15) is 50.8 Å². The van der Waals surface area contributed by atoms with Gasteiger partial charge < -0.3 is 15.0 Å². The van der Waals surface area contributed by atoms with Gasteiger partial charge in [-0.15, -0.1) is 0 Å². The molecule has 0 heterocycles. The lowest BCUT2D eigenvalue weighted by Gasteiger charge is -2.33. The summed E-state index contributed by atoms with van der Waals surface area (Å²) >= 11 is 0. The molecule has 0 saturated heterocycles. The number of rotatable bonds is 10. The average molecular weight is 397 g/mol. The van der Waals surface area contributed by atoms with E-state index in [9.17, 15) is 9.59 Å². The van der Waals surface area contributed by atoms with Gasteiger partial charge in [-0.25, -0.2) is 0 Å². The largest absolute Gasteiger partial charge is 0.497 e. The summed E-state index contributed by atoms with van der Waals surface area (Å²) in [7, 11) is 1.62. The third-order valence-corrected chi connectivity index (χ3v) is 4.79. The second-order valence-electron chi connectivity index (χ2n) is 7.43. The van der Waals surface area contributed by atoms with Gasteiger partial charge >= 0.3 is 0 Å². The normalized spacial score (nSPS) is 11.8. The smallest absolute Gasteiger partial charge is 0.247 e. The molecule has 0 aromatic heterocycles. The Morgan fingerprint density at radius 2 is 1.69 bits per heavy atom. The molecule has 0 radical (unpaired) electrons. The van der Waals surface area contributed by atoms with Crippen LogP contribution in [0.5, 0.6) is 5.75 Å². The van der Waals surface area contributed by atoms with Gasteiger partial charge in [0.25, 0.3) is 0 Å². The second kappa shape index (κ2) is 11.2. The number of unbranched alkanes of at least 4 members (excludes halogenated alkanes) is 1. The van der Waals surface area contributed by atoms with Crippen molar-refractivity contribution in [2.24, 2.45) is 5.92 Å². The first kappa shape index (κ1) is 22.5. The molecule has 0 spiro atoms. The molecule has 2 amide bonds. The van der Waals surface area contributed by atoms with Gasteiger partial charge in [-0.1, -0.05) is 69.7 Å². The van der Waals surface area contributed by atoms with Gasteiger partial charge in [0.1, 0.15) is 11.8 Å². The van der Waals surface area contributed by atoms with Gasteiger partial charge in [0.2, 0.25) is 11.8 Å². The van der Waals surface area contributed by atoms with Crippen molar-refractivity contribution < 1.29 is 14.3 Å². The van der Waals surface area contributed by atoms with E-state index in [0.717, 1.165) is 29.7 Å². The number of carbonyl (C=O) groups excluding carboxylic acids is 2. The molecular formula is C24H32N2O3. The van der Waals surface area contributed by atoms with Crippen molar-refractivity contribution in [3.8, 4) is 5.75 Å². The quantitative estimate of drug-likeness (QED) is 0.608. The van der Waals surface area contributed by atoms with E-state index in [2.05, 4.69) is 12.2 Å². The Hall–Kier alpha value is -2.82. The predicted octanol–water partition coefficient (Wildman–Crippen LogP) is 4.34. The maximum atomic E-state index is 13.2. The molecule has 0 saturated carbocycles. The van der Waals surface area contributed by atoms with Gasteiger partial charge in [0.05, 0.1) is 7.11 Å². The number of nitrogens with zero attached hydrogens (tertiary/aromatic N) is 1. The number of methoxy groups -OCH3 is 1. The summed E-state index contributed by atoms with van der Waals surface area (Å²) in [6.45, 7) is 6.76. The minimum atomic E-state index is -0.676. The van der Waals surface area contributed by atoms with E-state index in [1.165, 1.54) is 0 Å².